The number of likely N-dealkylation sites (tertiary alicyclic amines) is 1. The van der Waals surface area contributed by atoms with E-state index in [0.717, 1.165) is 6.54 Å². The second-order valence-electron chi connectivity index (χ2n) is 7.22. The lowest BCUT2D eigenvalue weighted by Gasteiger charge is -2.62. The molecule has 1 aromatic rings. The predicted octanol–water partition coefficient (Wildman–Crippen LogP) is 1.05. The van der Waals surface area contributed by atoms with Crippen molar-refractivity contribution in [2.24, 2.45) is 0 Å². The predicted molar refractivity (Wildman–Crippen MR) is 83.0 cm³/mol. The maximum absolute atomic E-state index is 12.8. The normalized spacial score (nSPS) is 42.3. The summed E-state index contributed by atoms with van der Waals surface area (Å²) in [5, 5.41) is 11.8. The van der Waals surface area contributed by atoms with Gasteiger partial charge in [-0.2, -0.15) is 0 Å². The van der Waals surface area contributed by atoms with Crippen molar-refractivity contribution in [3.8, 4) is 11.5 Å². The molecule has 2 fully saturated rings. The zero-order chi connectivity index (χ0) is 18.4. The minimum Gasteiger partial charge on any atom is -0.493 e. The van der Waals surface area contributed by atoms with Gasteiger partial charge in [-0.25, -0.2) is 0 Å². The van der Waals surface area contributed by atoms with Crippen LogP contribution in [0.1, 0.15) is 34.5 Å². The zero-order valence-corrected chi connectivity index (χ0v) is 13.0. The van der Waals surface area contributed by atoms with E-state index in [1.54, 1.807) is 0 Å². The molecule has 0 amide bonds. The molecule has 1 N–H and O–H groups in total. The summed E-state index contributed by atoms with van der Waals surface area (Å²) in [6.07, 6.45) is 0.842. The first-order valence-corrected chi connectivity index (χ1v) is 8.07. The van der Waals surface area contributed by atoms with E-state index >= 15 is 0 Å². The number of ketones is 1. The molecule has 0 radical (unpaired) electrons. The maximum atomic E-state index is 12.8. The van der Waals surface area contributed by atoms with Crippen molar-refractivity contribution in [1.29, 1.82) is 0 Å². The van der Waals surface area contributed by atoms with E-state index in [0.29, 0.717) is 36.1 Å². The topological polar surface area (TPSA) is 59.0 Å². The van der Waals surface area contributed by atoms with Crippen molar-refractivity contribution in [3.05, 3.63) is 23.2 Å². The van der Waals surface area contributed by atoms with Crippen LogP contribution in [0.15, 0.2) is 12.1 Å². The lowest BCUT2D eigenvalue weighted by Crippen LogP contribution is -2.76. The van der Waals surface area contributed by atoms with Crippen LogP contribution in [0.25, 0.3) is 0 Å². The molecule has 4 atom stereocenters. The van der Waals surface area contributed by atoms with Gasteiger partial charge in [-0.05, 0) is 44.5 Å². The number of likely N-dealkylation sites (N-methyl/N-ethyl adjacent to an activating group) is 1. The Bertz CT molecular complexity index is 846. The number of aliphatic hydroxyl groups is 1. The van der Waals surface area contributed by atoms with Crippen molar-refractivity contribution in [2.75, 3.05) is 20.7 Å². The van der Waals surface area contributed by atoms with Crippen LogP contribution < -0.4 is 9.47 Å². The summed E-state index contributed by atoms with van der Waals surface area (Å²) in [6.45, 7) is 0.726. The highest BCUT2D eigenvalue weighted by molar-refractivity contribution is 5.90. The highest BCUT2D eigenvalue weighted by Gasteiger charge is 2.72. The van der Waals surface area contributed by atoms with Crippen LogP contribution in [-0.2, 0) is 16.6 Å². The molecule has 5 rings (SSSR count). The van der Waals surface area contributed by atoms with Crippen molar-refractivity contribution >= 4 is 5.78 Å². The lowest BCUT2D eigenvalue weighted by atomic mass is 9.49. The summed E-state index contributed by atoms with van der Waals surface area (Å²) >= 11 is 0. The van der Waals surface area contributed by atoms with Gasteiger partial charge in [0, 0.05) is 18.0 Å². The number of methoxy groups -OCH3 is 1. The second-order valence-corrected chi connectivity index (χ2v) is 7.22. The minimum absolute atomic E-state index is 0.0445. The van der Waals surface area contributed by atoms with Crippen LogP contribution in [0.2, 0.25) is 0 Å². The van der Waals surface area contributed by atoms with Crippen LogP contribution in [-0.4, -0.2) is 54.2 Å². The number of carbonyl (C=O) groups is 1. The molecule has 5 nitrogen and oxygen atoms in total. The van der Waals surface area contributed by atoms with Crippen LogP contribution >= 0.6 is 0 Å². The van der Waals surface area contributed by atoms with E-state index in [4.69, 9.17) is 13.6 Å². The number of rotatable bonds is 1. The molecule has 2 aliphatic heterocycles. The molecule has 2 aliphatic carbocycles. The fraction of sp³-hybridized carbons (Fsp3) is 0.611. The largest absolute Gasteiger partial charge is 0.493 e. The standard InChI is InChI=1S/C18H21NO4/c1-19-8-7-17-14-10-3-4-12(22-2)15(14)23-16(17)11(20)5-6-18(17,21)13(19)9-10/h3-4,13,16,21H,5-9H2,1-2H3/t13-,16+,17+,18-/m1/s1/i2D,3D,4D. The monoisotopic (exact) mass is 318 g/mol. The van der Waals surface area contributed by atoms with E-state index < -0.39 is 24.2 Å². The van der Waals surface area contributed by atoms with Gasteiger partial charge in [0.15, 0.2) is 23.4 Å². The molecule has 5 heteroatoms. The highest BCUT2D eigenvalue weighted by Crippen LogP contribution is 2.64. The summed E-state index contributed by atoms with van der Waals surface area (Å²) < 4.78 is 35.6. The number of benzene rings is 1. The van der Waals surface area contributed by atoms with Crippen molar-refractivity contribution in [2.45, 2.75) is 48.8 Å². The molecular formula is C18H21NO4. The maximum Gasteiger partial charge on any atom is 0.174 e. The molecule has 2 bridgehead atoms. The molecule has 122 valence electrons. The Labute approximate surface area is 139 Å². The number of ether oxygens (including phenoxy) is 2. The van der Waals surface area contributed by atoms with E-state index in [-0.39, 0.29) is 36.1 Å². The summed E-state index contributed by atoms with van der Waals surface area (Å²) in [5.41, 5.74) is -0.621. The third kappa shape index (κ3) is 1.32. The van der Waals surface area contributed by atoms with E-state index in [1.165, 1.54) is 0 Å². The van der Waals surface area contributed by atoms with Gasteiger partial charge in [0.1, 0.15) is 0 Å². The minimum atomic E-state index is -1.11. The quantitative estimate of drug-likeness (QED) is 0.839. The van der Waals surface area contributed by atoms with Crippen LogP contribution in [0, 0.1) is 0 Å². The molecule has 1 saturated heterocycles. The molecule has 1 saturated carbocycles. The zero-order valence-electron chi connectivity index (χ0n) is 16.0. The van der Waals surface area contributed by atoms with Crippen molar-refractivity contribution < 1.29 is 23.5 Å². The molecule has 0 unspecified atom stereocenters. The lowest BCUT2D eigenvalue weighted by molar-refractivity contribution is -0.185. The molecule has 4 aliphatic rings. The first kappa shape index (κ1) is 11.0. The Hall–Kier alpha value is -1.59. The van der Waals surface area contributed by atoms with E-state index in [1.807, 2.05) is 7.05 Å². The summed E-state index contributed by atoms with van der Waals surface area (Å²) in [5.74, 6) is 0.312. The van der Waals surface area contributed by atoms with Crippen molar-refractivity contribution in [1.82, 2.24) is 4.90 Å². The fourth-order valence-corrected chi connectivity index (χ4v) is 5.47. The highest BCUT2D eigenvalue weighted by atomic mass is 16.5. The van der Waals surface area contributed by atoms with Crippen LogP contribution in [0.4, 0.5) is 0 Å². The van der Waals surface area contributed by atoms with Gasteiger partial charge >= 0.3 is 0 Å². The van der Waals surface area contributed by atoms with Gasteiger partial charge in [0.2, 0.25) is 0 Å². The number of carbonyl (C=O) groups excluding carboxylic acids is 1. The number of hydrogen-bond donors (Lipinski definition) is 1. The smallest absolute Gasteiger partial charge is 0.174 e. The van der Waals surface area contributed by atoms with Gasteiger partial charge in [-0.3, -0.25) is 4.79 Å². The van der Waals surface area contributed by atoms with Crippen molar-refractivity contribution in [3.63, 3.8) is 0 Å². The Morgan fingerprint density at radius 2 is 2.39 bits per heavy atom. The van der Waals surface area contributed by atoms with E-state index in [2.05, 4.69) is 4.90 Å². The number of nitrogens with zero attached hydrogens (tertiary/aromatic N) is 1. The molecule has 1 spiro atoms. The SMILES string of the molecule is [2H]COc1c([2H])c([2H])c2c3c1O[C@H]1C(=O)CC[C@@]4(O)[C@@H](C2)N(C)CC[C@]314. The van der Waals surface area contributed by atoms with Crippen LogP contribution in [0.5, 0.6) is 11.5 Å². The van der Waals surface area contributed by atoms with Crippen LogP contribution in [0.3, 0.4) is 0 Å². The molecular weight excluding hydrogens is 294 g/mol. The number of hydrogen-bond acceptors (Lipinski definition) is 5. The van der Waals surface area contributed by atoms with Gasteiger partial charge in [-0.15, -0.1) is 0 Å². The Kier molecular flexibility index (Phi) is 1.96. The molecule has 23 heavy (non-hydrogen) atoms. The van der Waals surface area contributed by atoms with Gasteiger partial charge in [-0.1, -0.05) is 6.04 Å². The van der Waals surface area contributed by atoms with E-state index in [9.17, 15) is 9.90 Å². The summed E-state index contributed by atoms with van der Waals surface area (Å²) in [7, 11) is 1.56. The summed E-state index contributed by atoms with van der Waals surface area (Å²) in [4.78, 5) is 14.9. The Morgan fingerprint density at radius 1 is 1.52 bits per heavy atom. The number of piperidine rings is 1. The van der Waals surface area contributed by atoms with Gasteiger partial charge < -0.3 is 19.5 Å². The third-order valence-corrected chi connectivity index (χ3v) is 6.49. The summed E-state index contributed by atoms with van der Waals surface area (Å²) in [6, 6.07) is -0.267. The Morgan fingerprint density at radius 3 is 3.22 bits per heavy atom. The Balaban J connectivity index is 1.88. The third-order valence-electron chi connectivity index (χ3n) is 6.49. The first-order valence-electron chi connectivity index (χ1n) is 9.78. The first-order chi connectivity index (χ1) is 12.4. The molecule has 2 heterocycles. The molecule has 1 aromatic carbocycles. The van der Waals surface area contributed by atoms with Gasteiger partial charge in [0.25, 0.3) is 0 Å². The van der Waals surface area contributed by atoms with Gasteiger partial charge in [0.05, 0.1) is 22.2 Å². The fourth-order valence-electron chi connectivity index (χ4n) is 5.47. The average Bonchev–Trinajstić information content (AvgIpc) is 2.95. The molecule has 0 aromatic heterocycles. The number of Topliss-reactive ketones (excluding diaryl/α,β-unsaturated/α-hetero) is 1. The average molecular weight is 318 g/mol. The second kappa shape index (κ2) is 4.08.